The summed E-state index contributed by atoms with van der Waals surface area (Å²) in [5.41, 5.74) is 1.12. The molecule has 5 heteroatoms. The van der Waals surface area contributed by atoms with E-state index >= 15 is 0 Å². The van der Waals surface area contributed by atoms with E-state index in [0.29, 0.717) is 6.54 Å². The number of aryl methyl sites for hydroxylation is 1. The van der Waals surface area contributed by atoms with Gasteiger partial charge in [-0.15, -0.1) is 0 Å². The number of hydrogen-bond acceptors (Lipinski definition) is 2. The van der Waals surface area contributed by atoms with Gasteiger partial charge in [0.15, 0.2) is 0 Å². The molecular weight excluding hydrogens is 341 g/mol. The van der Waals surface area contributed by atoms with Crippen LogP contribution in [-0.2, 0) is 6.42 Å². The third-order valence-corrected chi connectivity index (χ3v) is 4.96. The second-order valence-corrected chi connectivity index (χ2v) is 6.92. The van der Waals surface area contributed by atoms with Crippen molar-refractivity contribution in [3.05, 3.63) is 64.4 Å². The lowest BCUT2D eigenvalue weighted by Crippen LogP contribution is -2.44. The van der Waals surface area contributed by atoms with Crippen molar-refractivity contribution in [1.29, 1.82) is 0 Å². The first-order valence-corrected chi connectivity index (χ1v) is 8.96. The first kappa shape index (κ1) is 17.7. The molecular formula is C20H21ClFNO2. The summed E-state index contributed by atoms with van der Waals surface area (Å²) in [6.07, 6.45) is 4.48. The fraction of sp³-hybridized carbons (Fsp3) is 0.350. The Hall–Kier alpha value is -2.07. The van der Waals surface area contributed by atoms with Crippen LogP contribution in [0.4, 0.5) is 4.39 Å². The van der Waals surface area contributed by atoms with Crippen molar-refractivity contribution in [2.75, 3.05) is 6.54 Å². The summed E-state index contributed by atoms with van der Waals surface area (Å²) in [6, 6.07) is 11.4. The molecule has 2 aromatic rings. The molecule has 0 saturated carbocycles. The summed E-state index contributed by atoms with van der Waals surface area (Å²) >= 11 is 5.78. The van der Waals surface area contributed by atoms with Gasteiger partial charge in [0.2, 0.25) is 0 Å². The zero-order chi connectivity index (χ0) is 17.8. The van der Waals surface area contributed by atoms with Crippen LogP contribution in [0.5, 0.6) is 5.75 Å². The predicted octanol–water partition coefficient (Wildman–Crippen LogP) is 4.81. The van der Waals surface area contributed by atoms with Crippen molar-refractivity contribution in [3.63, 3.8) is 0 Å². The summed E-state index contributed by atoms with van der Waals surface area (Å²) < 4.78 is 14.1. The second-order valence-electron chi connectivity index (χ2n) is 6.48. The Balaban J connectivity index is 1.73. The molecule has 1 heterocycles. The lowest BCUT2D eigenvalue weighted by atomic mass is 9.95. The number of hydrogen-bond donors (Lipinski definition) is 1. The van der Waals surface area contributed by atoms with E-state index in [1.807, 2.05) is 12.1 Å². The van der Waals surface area contributed by atoms with Crippen LogP contribution >= 0.6 is 11.6 Å². The largest absolute Gasteiger partial charge is 0.508 e. The lowest BCUT2D eigenvalue weighted by molar-refractivity contribution is 0.0597. The number of carbonyl (C=O) groups is 1. The molecule has 1 N–H and O–H groups in total. The molecule has 1 aliphatic rings. The number of phenolic OH excluding ortho intramolecular Hbond substituents is 1. The quantitative estimate of drug-likeness (QED) is 0.848. The van der Waals surface area contributed by atoms with Crippen LogP contribution in [0.3, 0.4) is 0 Å². The molecule has 2 aromatic carbocycles. The summed E-state index contributed by atoms with van der Waals surface area (Å²) in [4.78, 5) is 14.6. The summed E-state index contributed by atoms with van der Waals surface area (Å²) in [5.74, 6) is -0.595. The highest BCUT2D eigenvalue weighted by atomic mass is 35.5. The Morgan fingerprint density at radius 1 is 1.24 bits per heavy atom. The number of aromatic hydroxyl groups is 1. The molecule has 132 valence electrons. The average molecular weight is 362 g/mol. The Morgan fingerprint density at radius 2 is 2.08 bits per heavy atom. The van der Waals surface area contributed by atoms with Gasteiger partial charge in [-0.05, 0) is 68.0 Å². The molecule has 1 fully saturated rings. The van der Waals surface area contributed by atoms with Crippen molar-refractivity contribution in [1.82, 2.24) is 4.90 Å². The van der Waals surface area contributed by atoms with Crippen molar-refractivity contribution < 1.29 is 14.3 Å². The number of benzene rings is 2. The van der Waals surface area contributed by atoms with Crippen LogP contribution in [0.15, 0.2) is 42.5 Å². The number of phenols is 1. The monoisotopic (exact) mass is 361 g/mol. The van der Waals surface area contributed by atoms with E-state index in [2.05, 4.69) is 0 Å². The van der Waals surface area contributed by atoms with E-state index in [0.717, 1.165) is 37.7 Å². The van der Waals surface area contributed by atoms with Crippen molar-refractivity contribution in [2.45, 2.75) is 38.1 Å². The molecule has 0 aliphatic carbocycles. The highest BCUT2D eigenvalue weighted by Gasteiger charge is 2.28. The maximum absolute atomic E-state index is 14.1. The van der Waals surface area contributed by atoms with Gasteiger partial charge >= 0.3 is 0 Å². The van der Waals surface area contributed by atoms with Crippen LogP contribution in [0.1, 0.15) is 41.6 Å². The number of amides is 1. The van der Waals surface area contributed by atoms with E-state index in [1.165, 1.54) is 12.1 Å². The minimum atomic E-state index is -0.574. The molecule has 0 unspecified atom stereocenters. The zero-order valence-electron chi connectivity index (χ0n) is 13.9. The standard InChI is InChI=1S/C20H21ClFNO2/c21-15-8-10-18(19(22)13-15)20(25)23-11-2-1-5-16(23)9-7-14-4-3-6-17(24)12-14/h3-4,6,8,10,12-13,16,24H,1-2,5,7,9,11H2/t16-/m1/s1. The Kier molecular flexibility index (Phi) is 5.59. The highest BCUT2D eigenvalue weighted by molar-refractivity contribution is 6.30. The van der Waals surface area contributed by atoms with E-state index in [9.17, 15) is 14.3 Å². The van der Waals surface area contributed by atoms with Gasteiger partial charge in [0, 0.05) is 17.6 Å². The summed E-state index contributed by atoms with van der Waals surface area (Å²) in [5, 5.41) is 9.86. The molecule has 1 atom stereocenters. The summed E-state index contributed by atoms with van der Waals surface area (Å²) in [7, 11) is 0. The van der Waals surface area contributed by atoms with Crippen LogP contribution < -0.4 is 0 Å². The Morgan fingerprint density at radius 3 is 2.84 bits per heavy atom. The van der Waals surface area contributed by atoms with Crippen LogP contribution in [0.2, 0.25) is 5.02 Å². The lowest BCUT2D eigenvalue weighted by Gasteiger charge is -2.36. The minimum Gasteiger partial charge on any atom is -0.508 e. The van der Waals surface area contributed by atoms with Gasteiger partial charge < -0.3 is 10.0 Å². The van der Waals surface area contributed by atoms with Crippen LogP contribution in [0.25, 0.3) is 0 Å². The molecule has 1 amide bonds. The number of halogens is 2. The fourth-order valence-electron chi connectivity index (χ4n) is 3.43. The normalized spacial score (nSPS) is 17.5. The van der Waals surface area contributed by atoms with Crippen molar-refractivity contribution >= 4 is 17.5 Å². The smallest absolute Gasteiger partial charge is 0.257 e. The van der Waals surface area contributed by atoms with Gasteiger partial charge in [0.1, 0.15) is 11.6 Å². The molecule has 0 aromatic heterocycles. The maximum Gasteiger partial charge on any atom is 0.257 e. The summed E-state index contributed by atoms with van der Waals surface area (Å²) in [6.45, 7) is 0.644. The molecule has 0 radical (unpaired) electrons. The molecule has 1 aliphatic heterocycles. The van der Waals surface area contributed by atoms with Crippen molar-refractivity contribution in [2.24, 2.45) is 0 Å². The van der Waals surface area contributed by atoms with Gasteiger partial charge in [-0.2, -0.15) is 0 Å². The van der Waals surface area contributed by atoms with Gasteiger partial charge in [-0.1, -0.05) is 23.7 Å². The molecule has 25 heavy (non-hydrogen) atoms. The maximum atomic E-state index is 14.1. The van der Waals surface area contributed by atoms with Crippen molar-refractivity contribution in [3.8, 4) is 5.75 Å². The third kappa shape index (κ3) is 4.31. The molecule has 0 spiro atoms. The predicted molar refractivity (Wildman–Crippen MR) is 96.5 cm³/mol. The molecule has 3 rings (SSSR count). The van der Waals surface area contributed by atoms with Crippen LogP contribution in [0, 0.1) is 5.82 Å². The van der Waals surface area contributed by atoms with E-state index < -0.39 is 5.82 Å². The third-order valence-electron chi connectivity index (χ3n) is 4.73. The van der Waals surface area contributed by atoms with E-state index in [-0.39, 0.29) is 28.3 Å². The van der Waals surface area contributed by atoms with E-state index in [1.54, 1.807) is 23.1 Å². The van der Waals surface area contributed by atoms with Gasteiger partial charge in [0.05, 0.1) is 5.56 Å². The number of carbonyl (C=O) groups excluding carboxylic acids is 1. The number of nitrogens with zero attached hydrogens (tertiary/aromatic N) is 1. The Labute approximate surface area is 152 Å². The van der Waals surface area contributed by atoms with Crippen LogP contribution in [-0.4, -0.2) is 28.5 Å². The second kappa shape index (κ2) is 7.87. The minimum absolute atomic E-state index is 0.0775. The molecule has 1 saturated heterocycles. The topological polar surface area (TPSA) is 40.5 Å². The first-order chi connectivity index (χ1) is 12.0. The molecule has 3 nitrogen and oxygen atoms in total. The van der Waals surface area contributed by atoms with Gasteiger partial charge in [-0.3, -0.25) is 4.79 Å². The van der Waals surface area contributed by atoms with Gasteiger partial charge in [-0.25, -0.2) is 4.39 Å². The van der Waals surface area contributed by atoms with Gasteiger partial charge in [0.25, 0.3) is 5.91 Å². The first-order valence-electron chi connectivity index (χ1n) is 8.58. The number of piperidine rings is 1. The molecule has 0 bridgehead atoms. The average Bonchev–Trinajstić information content (AvgIpc) is 2.60. The number of rotatable bonds is 4. The fourth-order valence-corrected chi connectivity index (χ4v) is 3.59. The Bertz CT molecular complexity index is 765. The zero-order valence-corrected chi connectivity index (χ0v) is 14.7. The SMILES string of the molecule is O=C(c1ccc(Cl)cc1F)N1CCCC[C@@H]1CCc1cccc(O)c1. The number of likely N-dealkylation sites (tertiary alicyclic amines) is 1. The van der Waals surface area contributed by atoms with E-state index in [4.69, 9.17) is 11.6 Å². The highest BCUT2D eigenvalue weighted by Crippen LogP contribution is 2.25.